The lowest BCUT2D eigenvalue weighted by Gasteiger charge is -2.05. The molecule has 0 spiro atoms. The summed E-state index contributed by atoms with van der Waals surface area (Å²) < 4.78 is 5.70. The molecule has 7 nitrogen and oxygen atoms in total. The van der Waals surface area contributed by atoms with E-state index < -0.39 is 10.8 Å². The first-order valence-corrected chi connectivity index (χ1v) is 7.75. The van der Waals surface area contributed by atoms with Gasteiger partial charge in [0, 0.05) is 16.2 Å². The van der Waals surface area contributed by atoms with Gasteiger partial charge in [0.2, 0.25) is 0 Å². The zero-order valence-electron chi connectivity index (χ0n) is 13.0. The van der Waals surface area contributed by atoms with Crippen LogP contribution in [0, 0.1) is 21.4 Å². The summed E-state index contributed by atoms with van der Waals surface area (Å²) >= 11 is 3.29. The van der Waals surface area contributed by atoms with E-state index in [0.29, 0.717) is 11.3 Å². The summed E-state index contributed by atoms with van der Waals surface area (Å²) in [6.07, 6.45) is 1.28. The average Bonchev–Trinajstić information content (AvgIpc) is 2.59. The summed E-state index contributed by atoms with van der Waals surface area (Å²) in [7, 11) is 1.32. The number of nitrogens with one attached hydrogen (secondary N) is 1. The molecule has 0 atom stereocenters. The fraction of sp³-hybridized carbons (Fsp3) is 0.0588. The quantitative estimate of drug-likeness (QED) is 0.353. The van der Waals surface area contributed by atoms with Crippen molar-refractivity contribution in [2.45, 2.75) is 0 Å². The van der Waals surface area contributed by atoms with Crippen LogP contribution in [0.25, 0.3) is 6.08 Å². The van der Waals surface area contributed by atoms with Crippen LogP contribution in [0.4, 0.5) is 11.4 Å². The highest BCUT2D eigenvalue weighted by Gasteiger charge is 2.16. The lowest BCUT2D eigenvalue weighted by molar-refractivity contribution is -0.385. The second-order valence-electron chi connectivity index (χ2n) is 4.82. The van der Waals surface area contributed by atoms with Crippen molar-refractivity contribution >= 4 is 39.3 Å². The fourth-order valence-corrected chi connectivity index (χ4v) is 2.42. The Balaban J connectivity index is 2.31. The molecule has 1 amide bonds. The maximum absolute atomic E-state index is 12.2. The van der Waals surface area contributed by atoms with Gasteiger partial charge in [-0.15, -0.1) is 0 Å². The number of nitriles is 1. The normalized spacial score (nSPS) is 10.7. The molecule has 1 N–H and O–H groups in total. The van der Waals surface area contributed by atoms with Crippen LogP contribution in [0.2, 0.25) is 0 Å². The summed E-state index contributed by atoms with van der Waals surface area (Å²) in [6, 6.07) is 12.9. The van der Waals surface area contributed by atoms with Crippen molar-refractivity contribution in [1.82, 2.24) is 0 Å². The molecule has 0 aliphatic carbocycles. The SMILES string of the molecule is COc1ccc(C=C(C#N)C(=O)Nc2cccc(Br)c2)cc1[N+](=O)[O-]. The third-order valence-electron chi connectivity index (χ3n) is 3.16. The molecule has 0 saturated carbocycles. The maximum Gasteiger partial charge on any atom is 0.311 e. The number of halogens is 1. The predicted octanol–water partition coefficient (Wildman–Crippen LogP) is 3.91. The van der Waals surface area contributed by atoms with Gasteiger partial charge in [0.25, 0.3) is 5.91 Å². The predicted molar refractivity (Wildman–Crippen MR) is 96.0 cm³/mol. The molecule has 25 heavy (non-hydrogen) atoms. The molecule has 8 heteroatoms. The van der Waals surface area contributed by atoms with Gasteiger partial charge < -0.3 is 10.1 Å². The van der Waals surface area contributed by atoms with Gasteiger partial charge in [-0.1, -0.05) is 28.1 Å². The van der Waals surface area contributed by atoms with E-state index in [2.05, 4.69) is 21.2 Å². The fourth-order valence-electron chi connectivity index (χ4n) is 2.02. The minimum Gasteiger partial charge on any atom is -0.490 e. The van der Waals surface area contributed by atoms with Crippen molar-refractivity contribution in [3.8, 4) is 11.8 Å². The van der Waals surface area contributed by atoms with E-state index in [1.807, 2.05) is 0 Å². The van der Waals surface area contributed by atoms with Crippen molar-refractivity contribution in [2.75, 3.05) is 12.4 Å². The Labute approximate surface area is 151 Å². The molecule has 126 valence electrons. The Kier molecular flexibility index (Phi) is 5.87. The molecule has 0 aliphatic heterocycles. The topological polar surface area (TPSA) is 105 Å². The highest BCUT2D eigenvalue weighted by molar-refractivity contribution is 9.10. The van der Waals surface area contributed by atoms with Crippen molar-refractivity contribution in [3.05, 3.63) is 68.2 Å². The van der Waals surface area contributed by atoms with Crippen LogP contribution in [0.5, 0.6) is 5.75 Å². The van der Waals surface area contributed by atoms with Crippen LogP contribution in [0.1, 0.15) is 5.56 Å². The van der Waals surface area contributed by atoms with E-state index in [-0.39, 0.29) is 17.0 Å². The van der Waals surface area contributed by atoms with E-state index in [1.165, 1.54) is 31.4 Å². The number of hydrogen-bond donors (Lipinski definition) is 1. The molecule has 2 rings (SSSR count). The second-order valence-corrected chi connectivity index (χ2v) is 5.74. The summed E-state index contributed by atoms with van der Waals surface area (Å²) in [4.78, 5) is 22.7. The standard InChI is InChI=1S/C17H12BrN3O4/c1-25-16-6-5-11(8-15(16)21(23)24)7-12(10-19)17(22)20-14-4-2-3-13(18)9-14/h2-9H,1H3,(H,20,22). The van der Waals surface area contributed by atoms with Crippen LogP contribution in [-0.4, -0.2) is 17.9 Å². The number of carbonyl (C=O) groups excluding carboxylic acids is 1. The number of methoxy groups -OCH3 is 1. The molecule has 0 aromatic heterocycles. The number of carbonyl (C=O) groups is 1. The largest absolute Gasteiger partial charge is 0.490 e. The van der Waals surface area contributed by atoms with Crippen molar-refractivity contribution in [1.29, 1.82) is 5.26 Å². The van der Waals surface area contributed by atoms with Gasteiger partial charge in [-0.05, 0) is 35.9 Å². The van der Waals surface area contributed by atoms with Gasteiger partial charge in [-0.2, -0.15) is 5.26 Å². The molecular formula is C17H12BrN3O4. The number of nitro groups is 1. The molecule has 0 fully saturated rings. The Morgan fingerprint density at radius 2 is 2.12 bits per heavy atom. The molecule has 2 aromatic carbocycles. The van der Waals surface area contributed by atoms with Crippen molar-refractivity contribution < 1.29 is 14.5 Å². The summed E-state index contributed by atoms with van der Waals surface area (Å²) in [5.74, 6) is -0.515. The van der Waals surface area contributed by atoms with Crippen LogP contribution in [0.15, 0.2) is 52.5 Å². The number of nitro benzene ring substituents is 1. The Bertz CT molecular complexity index is 903. The summed E-state index contributed by atoms with van der Waals surface area (Å²) in [5.41, 5.74) is 0.426. The highest BCUT2D eigenvalue weighted by Crippen LogP contribution is 2.28. The average molecular weight is 402 g/mol. The number of amides is 1. The van der Waals surface area contributed by atoms with E-state index in [4.69, 9.17) is 4.74 Å². The van der Waals surface area contributed by atoms with Gasteiger partial charge >= 0.3 is 5.69 Å². The van der Waals surface area contributed by atoms with E-state index in [0.717, 1.165) is 4.47 Å². The van der Waals surface area contributed by atoms with Crippen LogP contribution in [0.3, 0.4) is 0 Å². The Morgan fingerprint density at radius 1 is 1.36 bits per heavy atom. The molecule has 0 bridgehead atoms. The maximum atomic E-state index is 12.2. The smallest absolute Gasteiger partial charge is 0.311 e. The number of benzene rings is 2. The summed E-state index contributed by atoms with van der Waals surface area (Å²) in [6.45, 7) is 0. The first-order chi connectivity index (χ1) is 11.9. The first-order valence-electron chi connectivity index (χ1n) is 6.95. The first kappa shape index (κ1) is 18.2. The molecule has 0 aliphatic rings. The van der Waals surface area contributed by atoms with Gasteiger partial charge in [-0.25, -0.2) is 0 Å². The molecule has 0 saturated heterocycles. The van der Waals surface area contributed by atoms with E-state index in [1.54, 1.807) is 30.3 Å². The van der Waals surface area contributed by atoms with Crippen LogP contribution in [-0.2, 0) is 4.79 Å². The second kappa shape index (κ2) is 8.08. The lowest BCUT2D eigenvalue weighted by Crippen LogP contribution is -2.13. The van der Waals surface area contributed by atoms with Crippen LogP contribution < -0.4 is 10.1 Å². The molecular weight excluding hydrogens is 390 g/mol. The highest BCUT2D eigenvalue weighted by atomic mass is 79.9. The molecule has 2 aromatic rings. The van der Waals surface area contributed by atoms with Crippen LogP contribution >= 0.6 is 15.9 Å². The van der Waals surface area contributed by atoms with Crippen molar-refractivity contribution in [3.63, 3.8) is 0 Å². The van der Waals surface area contributed by atoms with Gasteiger partial charge in [0.15, 0.2) is 5.75 Å². The number of rotatable bonds is 5. The van der Waals surface area contributed by atoms with Crippen molar-refractivity contribution in [2.24, 2.45) is 0 Å². The Hall–Kier alpha value is -3.18. The zero-order valence-corrected chi connectivity index (χ0v) is 14.6. The molecule has 0 heterocycles. The van der Waals surface area contributed by atoms with Gasteiger partial charge in [-0.3, -0.25) is 14.9 Å². The summed E-state index contributed by atoms with van der Waals surface area (Å²) in [5, 5.41) is 22.9. The van der Waals surface area contributed by atoms with E-state index in [9.17, 15) is 20.2 Å². The Morgan fingerprint density at radius 3 is 2.72 bits per heavy atom. The minimum absolute atomic E-state index is 0.0965. The monoisotopic (exact) mass is 401 g/mol. The lowest BCUT2D eigenvalue weighted by atomic mass is 10.1. The number of anilines is 1. The minimum atomic E-state index is -0.612. The van der Waals surface area contributed by atoms with Gasteiger partial charge in [0.1, 0.15) is 11.6 Å². The zero-order chi connectivity index (χ0) is 18.4. The number of hydrogen-bond acceptors (Lipinski definition) is 5. The van der Waals surface area contributed by atoms with E-state index >= 15 is 0 Å². The molecule has 0 unspecified atom stereocenters. The third-order valence-corrected chi connectivity index (χ3v) is 3.65. The third kappa shape index (κ3) is 4.65. The van der Waals surface area contributed by atoms with Gasteiger partial charge in [0.05, 0.1) is 12.0 Å². The number of ether oxygens (including phenoxy) is 1. The molecule has 0 radical (unpaired) electrons. The number of nitrogens with zero attached hydrogens (tertiary/aromatic N) is 2.